The van der Waals surface area contributed by atoms with Crippen LogP contribution in [0.15, 0.2) is 15.1 Å². The lowest BCUT2D eigenvalue weighted by molar-refractivity contribution is 0.0503. The van der Waals surface area contributed by atoms with Gasteiger partial charge in [-0.05, 0) is 51.8 Å². The molecule has 0 aromatic carbocycles. The van der Waals surface area contributed by atoms with Gasteiger partial charge in [0.25, 0.3) is 0 Å². The maximum atomic E-state index is 11.6. The van der Waals surface area contributed by atoms with Crippen molar-refractivity contribution < 1.29 is 19.1 Å². The van der Waals surface area contributed by atoms with E-state index in [1.807, 2.05) is 0 Å². The largest absolute Gasteiger partial charge is 0.462 e. The zero-order valence-corrected chi connectivity index (χ0v) is 13.0. The van der Waals surface area contributed by atoms with Crippen molar-refractivity contribution in [3.8, 4) is 0 Å². The van der Waals surface area contributed by atoms with Gasteiger partial charge in [-0.2, -0.15) is 0 Å². The monoisotopic (exact) mass is 379 g/mol. The van der Waals surface area contributed by atoms with Crippen LogP contribution in [-0.4, -0.2) is 30.1 Å². The summed E-state index contributed by atoms with van der Waals surface area (Å²) in [6, 6.07) is 1.47. The molecule has 0 atom stereocenters. The predicted octanol–water partition coefficient (Wildman–Crippen LogP) is 2.96. The third-order valence-corrected chi connectivity index (χ3v) is 3.10. The minimum atomic E-state index is -0.555. The van der Waals surface area contributed by atoms with E-state index in [0.29, 0.717) is 4.47 Å². The lowest BCUT2D eigenvalue weighted by Crippen LogP contribution is -2.12. The number of hydrogen-bond donors (Lipinski definition) is 0. The zero-order valence-electron chi connectivity index (χ0n) is 9.83. The van der Waals surface area contributed by atoms with E-state index >= 15 is 0 Å². The van der Waals surface area contributed by atoms with Crippen LogP contribution < -0.4 is 0 Å². The van der Waals surface area contributed by atoms with Crippen LogP contribution in [-0.2, 0) is 9.47 Å². The fraction of sp³-hybridized carbons (Fsp3) is 0.364. The highest BCUT2D eigenvalue weighted by Crippen LogP contribution is 2.24. The van der Waals surface area contributed by atoms with Crippen molar-refractivity contribution >= 4 is 43.8 Å². The molecule has 0 fully saturated rings. The molecule has 0 N–H and O–H groups in total. The van der Waals surface area contributed by atoms with Gasteiger partial charge in [0.1, 0.15) is 4.60 Å². The molecular formula is C11H11Br2NO4. The molecule has 0 saturated heterocycles. The number of carbonyl (C=O) groups excluding carboxylic acids is 2. The number of pyridine rings is 1. The van der Waals surface area contributed by atoms with Gasteiger partial charge in [-0.15, -0.1) is 0 Å². The summed E-state index contributed by atoms with van der Waals surface area (Å²) in [7, 11) is 0. The highest BCUT2D eigenvalue weighted by atomic mass is 79.9. The van der Waals surface area contributed by atoms with Gasteiger partial charge in [0.2, 0.25) is 0 Å². The molecule has 5 nitrogen and oxygen atoms in total. The number of rotatable bonds is 4. The van der Waals surface area contributed by atoms with Crippen LogP contribution in [0.4, 0.5) is 0 Å². The number of ether oxygens (including phenoxy) is 2. The maximum absolute atomic E-state index is 11.6. The van der Waals surface area contributed by atoms with Crippen LogP contribution in [0, 0.1) is 0 Å². The minimum absolute atomic E-state index is 0.108. The molecule has 0 aliphatic heterocycles. The second-order valence-electron chi connectivity index (χ2n) is 3.10. The topological polar surface area (TPSA) is 65.5 Å². The second kappa shape index (κ2) is 6.84. The van der Waals surface area contributed by atoms with Crippen LogP contribution >= 0.6 is 31.9 Å². The lowest BCUT2D eigenvalue weighted by Gasteiger charge is -2.08. The zero-order chi connectivity index (χ0) is 13.7. The molecule has 7 heteroatoms. The third kappa shape index (κ3) is 3.52. The third-order valence-electron chi connectivity index (χ3n) is 1.89. The average molecular weight is 381 g/mol. The van der Waals surface area contributed by atoms with Gasteiger partial charge in [0.15, 0.2) is 5.69 Å². The summed E-state index contributed by atoms with van der Waals surface area (Å²) in [5, 5.41) is 0. The van der Waals surface area contributed by atoms with Crippen molar-refractivity contribution in [1.29, 1.82) is 0 Å². The van der Waals surface area contributed by atoms with E-state index in [-0.39, 0.29) is 29.1 Å². The van der Waals surface area contributed by atoms with Crippen molar-refractivity contribution in [3.63, 3.8) is 0 Å². The first kappa shape index (κ1) is 15.1. The lowest BCUT2D eigenvalue weighted by atomic mass is 10.2. The molecule has 0 saturated carbocycles. The van der Waals surface area contributed by atoms with Gasteiger partial charge in [-0.25, -0.2) is 14.6 Å². The van der Waals surface area contributed by atoms with Crippen molar-refractivity contribution in [2.75, 3.05) is 13.2 Å². The Hall–Kier alpha value is -0.950. The minimum Gasteiger partial charge on any atom is -0.462 e. The molecule has 18 heavy (non-hydrogen) atoms. The first-order chi connectivity index (χ1) is 8.51. The van der Waals surface area contributed by atoms with Crippen molar-refractivity contribution in [2.24, 2.45) is 0 Å². The Bertz CT molecular complexity index is 433. The Morgan fingerprint density at radius 1 is 1.17 bits per heavy atom. The Morgan fingerprint density at radius 2 is 1.72 bits per heavy atom. The Morgan fingerprint density at radius 3 is 2.28 bits per heavy atom. The van der Waals surface area contributed by atoms with E-state index in [9.17, 15) is 9.59 Å². The standard InChI is InChI=1S/C11H11Br2NO4/c1-3-17-10(15)6-5-7(12)8(14-9(6)13)11(16)18-4-2/h5H,3-4H2,1-2H3. The molecule has 1 aromatic heterocycles. The Kier molecular flexibility index (Phi) is 5.74. The molecule has 0 amide bonds. The summed E-state index contributed by atoms with van der Waals surface area (Å²) in [5.74, 6) is -1.06. The summed E-state index contributed by atoms with van der Waals surface area (Å²) in [5.41, 5.74) is 0.355. The van der Waals surface area contributed by atoms with E-state index < -0.39 is 11.9 Å². The fourth-order valence-corrected chi connectivity index (χ4v) is 2.09. The molecule has 98 valence electrons. The second-order valence-corrected chi connectivity index (χ2v) is 4.70. The number of carbonyl (C=O) groups is 2. The maximum Gasteiger partial charge on any atom is 0.358 e. The van der Waals surface area contributed by atoms with Crippen LogP contribution in [0.3, 0.4) is 0 Å². The summed E-state index contributed by atoms with van der Waals surface area (Å²) in [4.78, 5) is 27.2. The number of aromatic nitrogens is 1. The summed E-state index contributed by atoms with van der Waals surface area (Å²) < 4.78 is 10.3. The molecule has 0 radical (unpaired) electrons. The summed E-state index contributed by atoms with van der Waals surface area (Å²) in [6.07, 6.45) is 0. The summed E-state index contributed by atoms with van der Waals surface area (Å²) >= 11 is 6.31. The number of nitrogens with zero attached hydrogens (tertiary/aromatic N) is 1. The highest BCUT2D eigenvalue weighted by molar-refractivity contribution is 9.11. The molecular weight excluding hydrogens is 370 g/mol. The van der Waals surface area contributed by atoms with Gasteiger partial charge < -0.3 is 9.47 Å². The Labute approximate surface area is 121 Å². The van der Waals surface area contributed by atoms with Gasteiger partial charge in [0, 0.05) is 0 Å². The van der Waals surface area contributed by atoms with Gasteiger partial charge in [-0.3, -0.25) is 0 Å². The smallest absolute Gasteiger partial charge is 0.358 e. The SMILES string of the molecule is CCOC(=O)c1cc(Br)c(C(=O)OCC)nc1Br. The molecule has 0 bridgehead atoms. The van der Waals surface area contributed by atoms with Crippen LogP contribution in [0.2, 0.25) is 0 Å². The predicted molar refractivity (Wildman–Crippen MR) is 71.6 cm³/mol. The fourth-order valence-electron chi connectivity index (χ4n) is 1.16. The van der Waals surface area contributed by atoms with E-state index in [4.69, 9.17) is 9.47 Å². The van der Waals surface area contributed by atoms with Crippen molar-refractivity contribution in [1.82, 2.24) is 4.98 Å². The highest BCUT2D eigenvalue weighted by Gasteiger charge is 2.20. The molecule has 0 aliphatic rings. The van der Waals surface area contributed by atoms with Gasteiger partial charge in [0.05, 0.1) is 23.2 Å². The number of hydrogen-bond acceptors (Lipinski definition) is 5. The Balaban J connectivity index is 3.11. The number of esters is 2. The molecule has 1 aromatic rings. The van der Waals surface area contributed by atoms with Crippen LogP contribution in [0.5, 0.6) is 0 Å². The first-order valence-corrected chi connectivity index (χ1v) is 6.80. The van der Waals surface area contributed by atoms with Crippen molar-refractivity contribution in [2.45, 2.75) is 13.8 Å². The molecule has 0 spiro atoms. The quantitative estimate of drug-likeness (QED) is 0.593. The van der Waals surface area contributed by atoms with E-state index in [0.717, 1.165) is 0 Å². The molecule has 0 aliphatic carbocycles. The molecule has 1 rings (SSSR count). The van der Waals surface area contributed by atoms with Gasteiger partial charge >= 0.3 is 11.9 Å². The molecule has 0 unspecified atom stereocenters. The van der Waals surface area contributed by atoms with E-state index in [1.165, 1.54) is 6.07 Å². The van der Waals surface area contributed by atoms with Crippen LogP contribution in [0.1, 0.15) is 34.7 Å². The average Bonchev–Trinajstić information content (AvgIpc) is 2.32. The number of halogens is 2. The van der Waals surface area contributed by atoms with Gasteiger partial charge in [-0.1, -0.05) is 0 Å². The van der Waals surface area contributed by atoms with E-state index in [2.05, 4.69) is 36.8 Å². The van der Waals surface area contributed by atoms with Crippen molar-refractivity contribution in [3.05, 3.63) is 26.4 Å². The van der Waals surface area contributed by atoms with E-state index in [1.54, 1.807) is 13.8 Å². The van der Waals surface area contributed by atoms with Crippen LogP contribution in [0.25, 0.3) is 0 Å². The molecule has 1 heterocycles. The normalized spacial score (nSPS) is 10.0. The first-order valence-electron chi connectivity index (χ1n) is 5.21. The summed E-state index contributed by atoms with van der Waals surface area (Å²) in [6.45, 7) is 3.93.